The molecule has 1 heterocycles. The summed E-state index contributed by atoms with van der Waals surface area (Å²) in [5.74, 6) is 0.651. The third-order valence-corrected chi connectivity index (χ3v) is 4.25. The summed E-state index contributed by atoms with van der Waals surface area (Å²) in [6.45, 7) is 0. The normalized spacial score (nSPS) is 17.4. The van der Waals surface area contributed by atoms with Gasteiger partial charge in [0.1, 0.15) is 11.5 Å². The molecule has 1 aliphatic rings. The standard InChI is InChI=1S/C18H15N3O3S/c1-24-14-8-6-12(7-9-14)10-16-17(23)20-18(25-16)21-19-11-13-4-2-3-5-15(13)22/h2-11,22H,1H3,(H,20,21,23)/b16-10-,19-11+. The van der Waals surface area contributed by atoms with Crippen LogP contribution in [0.5, 0.6) is 11.5 Å². The van der Waals surface area contributed by atoms with Gasteiger partial charge < -0.3 is 9.84 Å². The molecule has 7 heteroatoms. The summed E-state index contributed by atoms with van der Waals surface area (Å²) in [5, 5.41) is 20.6. The van der Waals surface area contributed by atoms with E-state index in [0.717, 1.165) is 11.3 Å². The minimum absolute atomic E-state index is 0.120. The van der Waals surface area contributed by atoms with Crippen LogP contribution in [0, 0.1) is 0 Å². The number of rotatable bonds is 4. The first kappa shape index (κ1) is 16.8. The third-order valence-electron chi connectivity index (χ3n) is 3.35. The molecular weight excluding hydrogens is 338 g/mol. The minimum atomic E-state index is -0.225. The van der Waals surface area contributed by atoms with E-state index in [1.165, 1.54) is 18.0 Å². The zero-order chi connectivity index (χ0) is 17.6. The second-order valence-corrected chi connectivity index (χ2v) is 6.08. The third kappa shape index (κ3) is 4.27. The Balaban J connectivity index is 1.71. The highest BCUT2D eigenvalue weighted by Gasteiger charge is 2.23. The van der Waals surface area contributed by atoms with E-state index in [2.05, 4.69) is 15.5 Å². The van der Waals surface area contributed by atoms with Crippen molar-refractivity contribution in [3.63, 3.8) is 0 Å². The Bertz CT molecular complexity index is 873. The lowest BCUT2D eigenvalue weighted by Gasteiger charge is -1.99. The van der Waals surface area contributed by atoms with Gasteiger partial charge in [0.2, 0.25) is 0 Å². The number of carbonyl (C=O) groups excluding carboxylic acids is 1. The van der Waals surface area contributed by atoms with Gasteiger partial charge in [-0.05, 0) is 47.7 Å². The second-order valence-electron chi connectivity index (χ2n) is 5.05. The number of methoxy groups -OCH3 is 1. The molecule has 1 fully saturated rings. The van der Waals surface area contributed by atoms with Gasteiger partial charge in [0.15, 0.2) is 5.17 Å². The maximum atomic E-state index is 12.0. The molecule has 2 aromatic carbocycles. The van der Waals surface area contributed by atoms with E-state index in [4.69, 9.17) is 4.74 Å². The Morgan fingerprint density at radius 1 is 1.16 bits per heavy atom. The lowest BCUT2D eigenvalue weighted by molar-refractivity contribution is -0.115. The molecule has 0 radical (unpaired) electrons. The number of phenolic OH excluding ortho intramolecular Hbond substituents is 1. The van der Waals surface area contributed by atoms with E-state index >= 15 is 0 Å². The zero-order valence-corrected chi connectivity index (χ0v) is 14.2. The topological polar surface area (TPSA) is 83.3 Å². The molecule has 1 amide bonds. The minimum Gasteiger partial charge on any atom is -0.507 e. The molecule has 1 saturated heterocycles. The summed E-state index contributed by atoms with van der Waals surface area (Å²) in [6.07, 6.45) is 3.20. The van der Waals surface area contributed by atoms with Crippen molar-refractivity contribution in [2.75, 3.05) is 7.11 Å². The van der Waals surface area contributed by atoms with Crippen molar-refractivity contribution >= 4 is 35.1 Å². The van der Waals surface area contributed by atoms with Crippen molar-refractivity contribution in [3.8, 4) is 11.5 Å². The molecule has 0 bridgehead atoms. The SMILES string of the molecule is COc1ccc(/C=C2\S/C(=N\N=C\c3ccccc3O)NC2=O)cc1. The summed E-state index contributed by atoms with van der Waals surface area (Å²) < 4.78 is 5.11. The Labute approximate surface area is 148 Å². The van der Waals surface area contributed by atoms with Crippen molar-refractivity contribution in [1.29, 1.82) is 0 Å². The fourth-order valence-electron chi connectivity index (χ4n) is 2.07. The molecule has 0 aliphatic carbocycles. The maximum Gasteiger partial charge on any atom is 0.264 e. The molecule has 0 saturated carbocycles. The molecule has 126 valence electrons. The number of aromatic hydroxyl groups is 1. The van der Waals surface area contributed by atoms with E-state index in [-0.39, 0.29) is 11.7 Å². The summed E-state index contributed by atoms with van der Waals surface area (Å²) in [4.78, 5) is 12.5. The van der Waals surface area contributed by atoms with Crippen molar-refractivity contribution < 1.29 is 14.6 Å². The smallest absolute Gasteiger partial charge is 0.264 e. The van der Waals surface area contributed by atoms with E-state index in [1.807, 2.05) is 24.3 Å². The summed E-state index contributed by atoms with van der Waals surface area (Å²) in [5.41, 5.74) is 1.44. The van der Waals surface area contributed by atoms with Crippen LogP contribution in [0.3, 0.4) is 0 Å². The largest absolute Gasteiger partial charge is 0.507 e. The predicted molar refractivity (Wildman–Crippen MR) is 99.8 cm³/mol. The Kier molecular flexibility index (Phi) is 5.15. The molecule has 25 heavy (non-hydrogen) atoms. The number of para-hydroxylation sites is 1. The van der Waals surface area contributed by atoms with Gasteiger partial charge in [-0.1, -0.05) is 24.3 Å². The molecule has 0 aromatic heterocycles. The Hall–Kier alpha value is -3.06. The van der Waals surface area contributed by atoms with Gasteiger partial charge in [-0.25, -0.2) is 0 Å². The highest BCUT2D eigenvalue weighted by molar-refractivity contribution is 8.18. The summed E-state index contributed by atoms with van der Waals surface area (Å²) in [7, 11) is 1.60. The van der Waals surface area contributed by atoms with Crippen LogP contribution in [0.25, 0.3) is 6.08 Å². The van der Waals surface area contributed by atoms with Gasteiger partial charge in [0, 0.05) is 5.56 Å². The molecule has 1 aliphatic heterocycles. The number of phenols is 1. The molecule has 0 spiro atoms. The number of nitrogens with one attached hydrogen (secondary N) is 1. The van der Waals surface area contributed by atoms with Gasteiger partial charge in [0.25, 0.3) is 5.91 Å². The molecule has 3 rings (SSSR count). The Morgan fingerprint density at radius 2 is 1.92 bits per heavy atom. The highest BCUT2D eigenvalue weighted by atomic mass is 32.2. The fraction of sp³-hybridized carbons (Fsp3) is 0.0556. The lowest BCUT2D eigenvalue weighted by atomic mass is 10.2. The first-order valence-electron chi connectivity index (χ1n) is 7.39. The number of ether oxygens (including phenoxy) is 1. The monoisotopic (exact) mass is 353 g/mol. The average molecular weight is 353 g/mol. The van der Waals surface area contributed by atoms with Crippen LogP contribution in [-0.2, 0) is 4.79 Å². The van der Waals surface area contributed by atoms with Gasteiger partial charge in [-0.15, -0.1) is 5.10 Å². The molecule has 0 unspecified atom stereocenters. The first-order chi connectivity index (χ1) is 12.2. The average Bonchev–Trinajstić information content (AvgIpc) is 2.97. The maximum absolute atomic E-state index is 12.0. The van der Waals surface area contributed by atoms with Gasteiger partial charge >= 0.3 is 0 Å². The molecular formula is C18H15N3O3S. The van der Waals surface area contributed by atoms with Crippen LogP contribution in [0.1, 0.15) is 11.1 Å². The van der Waals surface area contributed by atoms with E-state index in [1.54, 1.807) is 37.5 Å². The molecule has 6 nitrogen and oxygen atoms in total. The van der Waals surface area contributed by atoms with Crippen LogP contribution in [0.4, 0.5) is 0 Å². The fourth-order valence-corrected chi connectivity index (χ4v) is 2.85. The van der Waals surface area contributed by atoms with Crippen LogP contribution >= 0.6 is 11.8 Å². The number of carbonyl (C=O) groups is 1. The van der Waals surface area contributed by atoms with Gasteiger partial charge in [-0.2, -0.15) is 5.10 Å². The number of hydrogen-bond acceptors (Lipinski definition) is 6. The van der Waals surface area contributed by atoms with Crippen LogP contribution in [-0.4, -0.2) is 29.5 Å². The number of thioether (sulfide) groups is 1. The first-order valence-corrected chi connectivity index (χ1v) is 8.21. The molecule has 2 aromatic rings. The zero-order valence-electron chi connectivity index (χ0n) is 13.3. The van der Waals surface area contributed by atoms with Crippen LogP contribution in [0.2, 0.25) is 0 Å². The summed E-state index contributed by atoms with van der Waals surface area (Å²) >= 11 is 1.21. The quantitative estimate of drug-likeness (QED) is 0.503. The number of hydrogen-bond donors (Lipinski definition) is 2. The van der Waals surface area contributed by atoms with Crippen molar-refractivity contribution in [2.24, 2.45) is 10.2 Å². The molecule has 2 N–H and O–H groups in total. The number of amides is 1. The van der Waals surface area contributed by atoms with E-state index in [0.29, 0.717) is 15.6 Å². The number of amidine groups is 1. The van der Waals surface area contributed by atoms with Gasteiger partial charge in [-0.3, -0.25) is 10.1 Å². The van der Waals surface area contributed by atoms with Crippen LogP contribution in [0.15, 0.2) is 63.6 Å². The van der Waals surface area contributed by atoms with Crippen molar-refractivity contribution in [1.82, 2.24) is 5.32 Å². The second kappa shape index (κ2) is 7.67. The van der Waals surface area contributed by atoms with E-state index in [9.17, 15) is 9.90 Å². The van der Waals surface area contributed by atoms with Gasteiger partial charge in [0.05, 0.1) is 18.2 Å². The Morgan fingerprint density at radius 3 is 2.64 bits per heavy atom. The van der Waals surface area contributed by atoms with E-state index < -0.39 is 0 Å². The predicted octanol–water partition coefficient (Wildman–Crippen LogP) is 2.99. The summed E-state index contributed by atoms with van der Waals surface area (Å²) in [6, 6.07) is 14.2. The van der Waals surface area contributed by atoms with Crippen molar-refractivity contribution in [2.45, 2.75) is 0 Å². The number of nitrogens with zero attached hydrogens (tertiary/aromatic N) is 2. The highest BCUT2D eigenvalue weighted by Crippen LogP contribution is 2.26. The lowest BCUT2D eigenvalue weighted by Crippen LogP contribution is -2.19. The molecule has 0 atom stereocenters. The number of benzene rings is 2. The van der Waals surface area contributed by atoms with Crippen LogP contribution < -0.4 is 10.1 Å². The van der Waals surface area contributed by atoms with Crippen molar-refractivity contribution in [3.05, 3.63) is 64.6 Å².